The average Bonchev–Trinajstić information content (AvgIpc) is 2.47. The molecule has 0 amide bonds. The first kappa shape index (κ1) is 13.0. The summed E-state index contributed by atoms with van der Waals surface area (Å²) in [4.78, 5) is 19.9. The van der Waals surface area contributed by atoms with E-state index in [2.05, 4.69) is 24.8 Å². The van der Waals surface area contributed by atoms with Gasteiger partial charge in [-0.3, -0.25) is 0 Å². The van der Waals surface area contributed by atoms with Gasteiger partial charge >= 0.3 is 0 Å². The van der Waals surface area contributed by atoms with Gasteiger partial charge in [0.2, 0.25) is 0 Å². The third kappa shape index (κ3) is 2.61. The maximum atomic E-state index is 4.64. The smallest absolute Gasteiger partial charge is 0.147 e. The molecule has 2 aromatic rings. The molecule has 0 saturated heterocycles. The van der Waals surface area contributed by atoms with Crippen LogP contribution in [-0.2, 0) is 19.4 Å². The molecule has 0 saturated carbocycles. The summed E-state index contributed by atoms with van der Waals surface area (Å²) in [6, 6.07) is 1.83. The summed E-state index contributed by atoms with van der Waals surface area (Å²) in [7, 11) is 2.05. The molecule has 2 heterocycles. The fourth-order valence-corrected chi connectivity index (χ4v) is 2.71. The first-order chi connectivity index (χ1) is 9.74. The van der Waals surface area contributed by atoms with Crippen molar-refractivity contribution < 1.29 is 0 Å². The van der Waals surface area contributed by atoms with Crippen molar-refractivity contribution in [3.8, 4) is 0 Å². The highest BCUT2D eigenvalue weighted by Crippen LogP contribution is 2.27. The van der Waals surface area contributed by atoms with Gasteiger partial charge < -0.3 is 4.90 Å². The molecule has 104 valence electrons. The van der Waals surface area contributed by atoms with Crippen LogP contribution in [0.25, 0.3) is 0 Å². The second kappa shape index (κ2) is 5.53. The Morgan fingerprint density at radius 1 is 1.10 bits per heavy atom. The van der Waals surface area contributed by atoms with E-state index in [0.717, 1.165) is 30.3 Å². The highest BCUT2D eigenvalue weighted by Gasteiger charge is 2.19. The second-order valence-electron chi connectivity index (χ2n) is 5.25. The lowest BCUT2D eigenvalue weighted by Gasteiger charge is -2.24. The van der Waals surface area contributed by atoms with Crippen molar-refractivity contribution in [2.75, 3.05) is 11.9 Å². The Morgan fingerprint density at radius 2 is 1.85 bits per heavy atom. The molecule has 0 N–H and O–H groups in total. The minimum atomic E-state index is 0.670. The highest BCUT2D eigenvalue weighted by molar-refractivity contribution is 5.49. The number of aromatic nitrogens is 4. The normalized spacial score (nSPS) is 13.9. The second-order valence-corrected chi connectivity index (χ2v) is 5.25. The van der Waals surface area contributed by atoms with Gasteiger partial charge in [-0.25, -0.2) is 19.9 Å². The van der Waals surface area contributed by atoms with Gasteiger partial charge in [-0.1, -0.05) is 0 Å². The van der Waals surface area contributed by atoms with Gasteiger partial charge in [-0.05, 0) is 38.7 Å². The first-order valence-corrected chi connectivity index (χ1v) is 7.07. The van der Waals surface area contributed by atoms with Crippen LogP contribution in [0.3, 0.4) is 0 Å². The zero-order valence-electron chi connectivity index (χ0n) is 12.0. The Morgan fingerprint density at radius 3 is 2.65 bits per heavy atom. The van der Waals surface area contributed by atoms with Crippen molar-refractivity contribution in [1.82, 2.24) is 19.9 Å². The van der Waals surface area contributed by atoms with Gasteiger partial charge in [0.05, 0.1) is 6.54 Å². The molecule has 0 aliphatic heterocycles. The number of rotatable bonds is 3. The fourth-order valence-electron chi connectivity index (χ4n) is 2.71. The molecule has 20 heavy (non-hydrogen) atoms. The van der Waals surface area contributed by atoms with Crippen LogP contribution in [0.15, 0.2) is 18.5 Å². The van der Waals surface area contributed by atoms with Gasteiger partial charge in [-0.2, -0.15) is 0 Å². The lowest BCUT2D eigenvalue weighted by atomic mass is 9.96. The van der Waals surface area contributed by atoms with E-state index >= 15 is 0 Å². The molecular weight excluding hydrogens is 250 g/mol. The van der Waals surface area contributed by atoms with Crippen LogP contribution < -0.4 is 4.90 Å². The van der Waals surface area contributed by atoms with Crippen molar-refractivity contribution in [3.63, 3.8) is 0 Å². The van der Waals surface area contributed by atoms with Crippen molar-refractivity contribution in [2.24, 2.45) is 0 Å². The van der Waals surface area contributed by atoms with E-state index in [0.29, 0.717) is 6.54 Å². The van der Waals surface area contributed by atoms with Crippen molar-refractivity contribution >= 4 is 5.82 Å². The molecule has 3 rings (SSSR count). The van der Waals surface area contributed by atoms with Gasteiger partial charge in [0, 0.05) is 30.7 Å². The maximum absolute atomic E-state index is 4.64. The summed E-state index contributed by atoms with van der Waals surface area (Å²) < 4.78 is 0. The van der Waals surface area contributed by atoms with Gasteiger partial charge in [0.15, 0.2) is 0 Å². The number of hydrogen-bond acceptors (Lipinski definition) is 5. The number of nitrogens with zero attached hydrogens (tertiary/aromatic N) is 5. The van der Waals surface area contributed by atoms with Crippen LogP contribution in [-0.4, -0.2) is 27.0 Å². The van der Waals surface area contributed by atoms with Crippen molar-refractivity contribution in [2.45, 2.75) is 39.2 Å². The largest absolute Gasteiger partial charge is 0.352 e. The number of fused-ring (bicyclic) bond motifs is 1. The van der Waals surface area contributed by atoms with Gasteiger partial charge in [0.1, 0.15) is 17.5 Å². The minimum absolute atomic E-state index is 0.670. The van der Waals surface area contributed by atoms with E-state index < -0.39 is 0 Å². The fraction of sp³-hybridized carbons (Fsp3) is 0.467. The third-order valence-corrected chi connectivity index (χ3v) is 3.63. The average molecular weight is 269 g/mol. The van der Waals surface area contributed by atoms with Crippen LogP contribution in [0.1, 0.15) is 35.7 Å². The molecule has 0 unspecified atom stereocenters. The third-order valence-electron chi connectivity index (χ3n) is 3.63. The Labute approximate surface area is 119 Å². The minimum Gasteiger partial charge on any atom is -0.352 e. The molecule has 0 spiro atoms. The van der Waals surface area contributed by atoms with E-state index in [1.165, 1.54) is 24.1 Å². The predicted molar refractivity (Wildman–Crippen MR) is 77.6 cm³/mol. The summed E-state index contributed by atoms with van der Waals surface area (Å²) in [5, 5.41) is 0. The predicted octanol–water partition coefficient (Wildman–Crippen LogP) is 2.09. The molecule has 0 bridgehead atoms. The van der Waals surface area contributed by atoms with E-state index in [4.69, 9.17) is 0 Å². The lowest BCUT2D eigenvalue weighted by Crippen LogP contribution is -2.23. The topological polar surface area (TPSA) is 54.8 Å². The number of anilines is 1. The van der Waals surface area contributed by atoms with Crippen LogP contribution in [0, 0.1) is 6.92 Å². The first-order valence-electron chi connectivity index (χ1n) is 7.07. The van der Waals surface area contributed by atoms with Crippen LogP contribution in [0.4, 0.5) is 5.82 Å². The van der Waals surface area contributed by atoms with Crippen LogP contribution in [0.5, 0.6) is 0 Å². The van der Waals surface area contributed by atoms with E-state index in [9.17, 15) is 0 Å². The Kier molecular flexibility index (Phi) is 3.58. The zero-order chi connectivity index (χ0) is 13.9. The van der Waals surface area contributed by atoms with Crippen LogP contribution in [0.2, 0.25) is 0 Å². The summed E-state index contributed by atoms with van der Waals surface area (Å²) in [5.74, 6) is 2.71. The summed E-state index contributed by atoms with van der Waals surface area (Å²) in [6.45, 7) is 2.63. The molecule has 1 aliphatic carbocycles. The molecule has 5 nitrogen and oxygen atoms in total. The van der Waals surface area contributed by atoms with Crippen LogP contribution >= 0.6 is 0 Å². The Balaban J connectivity index is 1.91. The summed E-state index contributed by atoms with van der Waals surface area (Å²) >= 11 is 0. The lowest BCUT2D eigenvalue weighted by molar-refractivity contribution is 0.652. The molecule has 0 radical (unpaired) electrons. The molecule has 0 fully saturated rings. The van der Waals surface area contributed by atoms with Crippen molar-refractivity contribution in [1.29, 1.82) is 0 Å². The molecular formula is C15H19N5. The van der Waals surface area contributed by atoms with Gasteiger partial charge in [-0.15, -0.1) is 0 Å². The summed E-state index contributed by atoms with van der Waals surface area (Å²) in [5.41, 5.74) is 2.53. The number of hydrogen-bond donors (Lipinski definition) is 0. The van der Waals surface area contributed by atoms with Gasteiger partial charge in [0.25, 0.3) is 0 Å². The zero-order valence-corrected chi connectivity index (χ0v) is 12.0. The number of aryl methyl sites for hydroxylation is 2. The molecule has 1 aliphatic rings. The van der Waals surface area contributed by atoms with Crippen molar-refractivity contribution in [3.05, 3.63) is 41.4 Å². The molecule has 0 atom stereocenters. The molecule has 5 heteroatoms. The standard InChI is InChI=1S/C15H19N5/c1-11-18-13-7-4-3-6-12(13)15(19-11)20(2)10-14-16-8-5-9-17-14/h5,8-9H,3-4,6-7,10H2,1-2H3. The Bertz CT molecular complexity index is 597. The summed E-state index contributed by atoms with van der Waals surface area (Å²) in [6.07, 6.45) is 8.15. The SMILES string of the molecule is Cc1nc2c(c(N(C)Cc3ncccn3)n1)CCCC2. The van der Waals surface area contributed by atoms with E-state index in [1.807, 2.05) is 20.0 Å². The van der Waals surface area contributed by atoms with E-state index in [-0.39, 0.29) is 0 Å². The molecule has 2 aromatic heterocycles. The highest BCUT2D eigenvalue weighted by atomic mass is 15.2. The Hall–Kier alpha value is -2.04. The molecule has 0 aromatic carbocycles. The monoisotopic (exact) mass is 269 g/mol. The quantitative estimate of drug-likeness (QED) is 0.854. The maximum Gasteiger partial charge on any atom is 0.147 e. The van der Waals surface area contributed by atoms with E-state index in [1.54, 1.807) is 12.4 Å².